The van der Waals surface area contributed by atoms with Gasteiger partial charge in [0.05, 0.1) is 10.2 Å². The Labute approximate surface area is 117 Å². The molecule has 0 saturated heterocycles. The van der Waals surface area contributed by atoms with Gasteiger partial charge in [0.25, 0.3) is 0 Å². The summed E-state index contributed by atoms with van der Waals surface area (Å²) in [6.45, 7) is 5.13. The minimum Gasteiger partial charge on any atom is -0.308 e. The van der Waals surface area contributed by atoms with Gasteiger partial charge in [0.2, 0.25) is 5.91 Å². The van der Waals surface area contributed by atoms with Crippen LogP contribution >= 0.6 is 11.3 Å². The number of rotatable bonds is 4. The highest BCUT2D eigenvalue weighted by Crippen LogP contribution is 2.30. The van der Waals surface area contributed by atoms with Crippen LogP contribution in [-0.2, 0) is 4.79 Å². The van der Waals surface area contributed by atoms with Gasteiger partial charge in [-0.05, 0) is 32.6 Å². The second-order valence-corrected chi connectivity index (χ2v) is 5.90. The minimum absolute atomic E-state index is 0.0403. The van der Waals surface area contributed by atoms with Gasteiger partial charge in [-0.3, -0.25) is 9.69 Å². The molecule has 0 aliphatic rings. The molecule has 102 valence electrons. The van der Waals surface area contributed by atoms with Crippen LogP contribution in [-0.4, -0.2) is 43.0 Å². The molecule has 1 amide bonds. The lowest BCUT2D eigenvalue weighted by Crippen LogP contribution is -2.35. The van der Waals surface area contributed by atoms with Crippen molar-refractivity contribution in [1.29, 1.82) is 0 Å². The maximum Gasteiger partial charge on any atom is 0.225 e. The molecule has 5 heteroatoms. The summed E-state index contributed by atoms with van der Waals surface area (Å²) in [4.78, 5) is 20.2. The highest BCUT2D eigenvalue weighted by Gasteiger charge is 2.16. The number of aryl methyl sites for hydroxylation is 1. The first-order chi connectivity index (χ1) is 8.99. The van der Waals surface area contributed by atoms with Crippen molar-refractivity contribution >= 4 is 32.6 Å². The number of hydrogen-bond acceptors (Lipinski definition) is 4. The SMILES string of the molecule is CC(=O)N(CCN(C)C)c1nc2c(C)cccc2s1. The summed E-state index contributed by atoms with van der Waals surface area (Å²) in [5.41, 5.74) is 2.15. The van der Waals surface area contributed by atoms with Gasteiger partial charge in [0.1, 0.15) is 0 Å². The third kappa shape index (κ3) is 3.11. The molecule has 19 heavy (non-hydrogen) atoms. The van der Waals surface area contributed by atoms with Crippen LogP contribution in [0.5, 0.6) is 0 Å². The average molecular weight is 277 g/mol. The van der Waals surface area contributed by atoms with Gasteiger partial charge in [-0.1, -0.05) is 23.5 Å². The second kappa shape index (κ2) is 5.67. The zero-order chi connectivity index (χ0) is 14.0. The van der Waals surface area contributed by atoms with Crippen molar-refractivity contribution in [2.75, 3.05) is 32.1 Å². The van der Waals surface area contributed by atoms with Gasteiger partial charge in [-0.2, -0.15) is 0 Å². The number of carbonyl (C=O) groups is 1. The lowest BCUT2D eigenvalue weighted by atomic mass is 10.2. The van der Waals surface area contributed by atoms with E-state index < -0.39 is 0 Å². The fraction of sp³-hybridized carbons (Fsp3) is 0.429. The number of aromatic nitrogens is 1. The first-order valence-corrected chi connectivity index (χ1v) is 7.09. The van der Waals surface area contributed by atoms with E-state index in [4.69, 9.17) is 0 Å². The summed E-state index contributed by atoms with van der Waals surface area (Å²) in [6, 6.07) is 6.12. The number of fused-ring (bicyclic) bond motifs is 1. The molecule has 0 unspecified atom stereocenters. The third-order valence-electron chi connectivity index (χ3n) is 2.99. The largest absolute Gasteiger partial charge is 0.308 e. The summed E-state index contributed by atoms with van der Waals surface area (Å²) < 4.78 is 1.13. The molecule has 1 aromatic carbocycles. The van der Waals surface area contributed by atoms with Crippen molar-refractivity contribution in [2.24, 2.45) is 0 Å². The summed E-state index contributed by atoms with van der Waals surface area (Å²) in [7, 11) is 4.00. The normalized spacial score (nSPS) is 11.2. The molecule has 2 aromatic rings. The molecular formula is C14H19N3OS. The standard InChI is InChI=1S/C14H19N3OS/c1-10-6-5-7-12-13(10)15-14(19-12)17(11(2)18)9-8-16(3)4/h5-7H,8-9H2,1-4H3. The number of thiazole rings is 1. The average Bonchev–Trinajstić information content (AvgIpc) is 2.73. The van der Waals surface area contributed by atoms with Crippen molar-refractivity contribution in [3.8, 4) is 0 Å². The Hall–Kier alpha value is -1.46. The lowest BCUT2D eigenvalue weighted by Gasteiger charge is -2.20. The Bertz CT molecular complexity index is 591. The van der Waals surface area contributed by atoms with Gasteiger partial charge in [-0.15, -0.1) is 0 Å². The zero-order valence-electron chi connectivity index (χ0n) is 11.8. The molecule has 2 rings (SSSR count). The van der Waals surface area contributed by atoms with Crippen molar-refractivity contribution in [1.82, 2.24) is 9.88 Å². The Kier molecular flexibility index (Phi) is 4.17. The molecule has 1 heterocycles. The fourth-order valence-electron chi connectivity index (χ4n) is 1.88. The smallest absolute Gasteiger partial charge is 0.225 e. The van der Waals surface area contributed by atoms with Gasteiger partial charge >= 0.3 is 0 Å². The highest BCUT2D eigenvalue weighted by molar-refractivity contribution is 7.22. The van der Waals surface area contributed by atoms with Crippen molar-refractivity contribution in [3.05, 3.63) is 23.8 Å². The van der Waals surface area contributed by atoms with Crippen molar-refractivity contribution < 1.29 is 4.79 Å². The molecule has 0 N–H and O–H groups in total. The number of nitrogens with zero attached hydrogens (tertiary/aromatic N) is 3. The molecule has 0 saturated carbocycles. The van der Waals surface area contributed by atoms with Crippen LogP contribution < -0.4 is 4.90 Å². The Morgan fingerprint density at radius 1 is 1.32 bits per heavy atom. The topological polar surface area (TPSA) is 36.4 Å². The maximum absolute atomic E-state index is 11.8. The zero-order valence-corrected chi connectivity index (χ0v) is 12.6. The van der Waals surface area contributed by atoms with E-state index in [1.165, 1.54) is 0 Å². The number of benzene rings is 1. The third-order valence-corrected chi connectivity index (χ3v) is 4.03. The molecule has 0 bridgehead atoms. The quantitative estimate of drug-likeness (QED) is 0.861. The molecule has 0 aliphatic heterocycles. The maximum atomic E-state index is 11.8. The van der Waals surface area contributed by atoms with Gasteiger partial charge in [0, 0.05) is 20.0 Å². The van der Waals surface area contributed by atoms with E-state index in [1.807, 2.05) is 39.2 Å². The number of hydrogen-bond donors (Lipinski definition) is 0. The van der Waals surface area contributed by atoms with Crippen LogP contribution in [0, 0.1) is 6.92 Å². The van der Waals surface area contributed by atoms with Crippen LogP contribution in [0.2, 0.25) is 0 Å². The Morgan fingerprint density at radius 2 is 2.05 bits per heavy atom. The first-order valence-electron chi connectivity index (χ1n) is 6.28. The predicted molar refractivity (Wildman–Crippen MR) is 80.9 cm³/mol. The van der Waals surface area contributed by atoms with Crippen molar-refractivity contribution in [3.63, 3.8) is 0 Å². The summed E-state index contributed by atoms with van der Waals surface area (Å²) in [6.07, 6.45) is 0. The molecule has 0 spiro atoms. The lowest BCUT2D eigenvalue weighted by molar-refractivity contribution is -0.116. The summed E-state index contributed by atoms with van der Waals surface area (Å²) >= 11 is 1.58. The van der Waals surface area contributed by atoms with Gasteiger partial charge < -0.3 is 4.90 Å². The number of para-hydroxylation sites is 1. The molecule has 1 aromatic heterocycles. The van der Waals surface area contributed by atoms with Gasteiger partial charge in [-0.25, -0.2) is 4.98 Å². The second-order valence-electron chi connectivity index (χ2n) is 4.89. The van der Waals surface area contributed by atoms with E-state index in [-0.39, 0.29) is 5.91 Å². The number of anilines is 1. The number of amides is 1. The molecule has 4 nitrogen and oxygen atoms in total. The first kappa shape index (κ1) is 14.0. The van der Waals surface area contributed by atoms with Crippen LogP contribution in [0.3, 0.4) is 0 Å². The Balaban J connectivity index is 2.34. The van der Waals surface area contributed by atoms with E-state index in [2.05, 4.69) is 9.88 Å². The molecule has 0 fully saturated rings. The highest BCUT2D eigenvalue weighted by atomic mass is 32.1. The molecule has 0 atom stereocenters. The van der Waals surface area contributed by atoms with Gasteiger partial charge in [0.15, 0.2) is 5.13 Å². The van der Waals surface area contributed by atoms with E-state index in [0.29, 0.717) is 6.54 Å². The monoisotopic (exact) mass is 277 g/mol. The van der Waals surface area contributed by atoms with E-state index in [1.54, 1.807) is 23.2 Å². The Morgan fingerprint density at radius 3 is 2.63 bits per heavy atom. The van der Waals surface area contributed by atoms with E-state index >= 15 is 0 Å². The van der Waals surface area contributed by atoms with Crippen LogP contribution in [0.4, 0.5) is 5.13 Å². The molecular weight excluding hydrogens is 258 g/mol. The summed E-state index contributed by atoms with van der Waals surface area (Å²) in [5, 5.41) is 0.790. The van der Waals surface area contributed by atoms with Crippen LogP contribution in [0.15, 0.2) is 18.2 Å². The predicted octanol–water partition coefficient (Wildman–Crippen LogP) is 2.52. The van der Waals surface area contributed by atoms with E-state index in [9.17, 15) is 4.79 Å². The number of likely N-dealkylation sites (N-methyl/N-ethyl adjacent to an activating group) is 1. The molecule has 0 radical (unpaired) electrons. The number of carbonyl (C=O) groups excluding carboxylic acids is 1. The van der Waals surface area contributed by atoms with Crippen LogP contribution in [0.1, 0.15) is 12.5 Å². The molecule has 0 aliphatic carbocycles. The fourth-order valence-corrected chi connectivity index (χ4v) is 2.99. The summed E-state index contributed by atoms with van der Waals surface area (Å²) in [5.74, 6) is 0.0403. The van der Waals surface area contributed by atoms with Crippen molar-refractivity contribution in [2.45, 2.75) is 13.8 Å². The van der Waals surface area contributed by atoms with Crippen LogP contribution in [0.25, 0.3) is 10.2 Å². The van der Waals surface area contributed by atoms with E-state index in [0.717, 1.165) is 27.5 Å². The minimum atomic E-state index is 0.0403.